The zero-order valence-corrected chi connectivity index (χ0v) is 14.8. The Morgan fingerprint density at radius 1 is 1.38 bits per heavy atom. The third-order valence-corrected chi connectivity index (χ3v) is 4.37. The molecule has 0 aromatic heterocycles. The van der Waals surface area contributed by atoms with Gasteiger partial charge in [-0.1, -0.05) is 22.0 Å². The molecule has 1 N–H and O–H groups in total. The highest BCUT2D eigenvalue weighted by molar-refractivity contribution is 9.10. The van der Waals surface area contributed by atoms with Crippen molar-refractivity contribution < 1.29 is 9.47 Å². The summed E-state index contributed by atoms with van der Waals surface area (Å²) in [6.45, 7) is 10.0. The smallest absolute Gasteiger partial charge is 0.120 e. The summed E-state index contributed by atoms with van der Waals surface area (Å²) in [7, 11) is 0. The first-order chi connectivity index (χ1) is 9.89. The Morgan fingerprint density at radius 2 is 2.19 bits per heavy atom. The van der Waals surface area contributed by atoms with Gasteiger partial charge in [0.05, 0.1) is 13.2 Å². The summed E-state index contributed by atoms with van der Waals surface area (Å²) in [6.07, 6.45) is 2.13. The maximum absolute atomic E-state index is 5.89. The largest absolute Gasteiger partial charge is 0.494 e. The van der Waals surface area contributed by atoms with Crippen molar-refractivity contribution in [3.8, 4) is 5.75 Å². The molecular formula is C17H26BrNO2. The highest BCUT2D eigenvalue weighted by Crippen LogP contribution is 2.32. The summed E-state index contributed by atoms with van der Waals surface area (Å²) in [5.74, 6) is 0.919. The number of hydrogen-bond acceptors (Lipinski definition) is 3. The molecule has 1 aliphatic heterocycles. The molecule has 1 aliphatic rings. The Labute approximate surface area is 136 Å². The standard InChI is InChI=1S/C17H26BrNO2/c1-16(2,3)19-12-17(7-9-20-13-17)8-10-21-15-6-4-5-14(18)11-15/h4-6,11,19H,7-10,12-13H2,1-3H3. The molecule has 0 radical (unpaired) electrons. The molecule has 1 aromatic rings. The summed E-state index contributed by atoms with van der Waals surface area (Å²) in [4.78, 5) is 0. The maximum atomic E-state index is 5.89. The molecule has 1 heterocycles. The van der Waals surface area contributed by atoms with Crippen LogP contribution in [0.4, 0.5) is 0 Å². The van der Waals surface area contributed by atoms with E-state index in [1.165, 1.54) is 0 Å². The van der Waals surface area contributed by atoms with Gasteiger partial charge >= 0.3 is 0 Å². The van der Waals surface area contributed by atoms with Crippen LogP contribution in [0, 0.1) is 5.41 Å². The van der Waals surface area contributed by atoms with E-state index in [4.69, 9.17) is 9.47 Å². The van der Waals surface area contributed by atoms with E-state index in [0.29, 0.717) is 0 Å². The lowest BCUT2D eigenvalue weighted by molar-refractivity contribution is 0.123. The van der Waals surface area contributed by atoms with E-state index in [-0.39, 0.29) is 11.0 Å². The highest BCUT2D eigenvalue weighted by atomic mass is 79.9. The van der Waals surface area contributed by atoms with Crippen LogP contribution >= 0.6 is 15.9 Å². The fraction of sp³-hybridized carbons (Fsp3) is 0.647. The molecule has 2 rings (SSSR count). The lowest BCUT2D eigenvalue weighted by Gasteiger charge is -2.32. The van der Waals surface area contributed by atoms with E-state index in [0.717, 1.165) is 49.4 Å². The quantitative estimate of drug-likeness (QED) is 0.835. The van der Waals surface area contributed by atoms with Crippen LogP contribution in [0.5, 0.6) is 5.75 Å². The van der Waals surface area contributed by atoms with Crippen LogP contribution in [-0.2, 0) is 4.74 Å². The van der Waals surface area contributed by atoms with Crippen LogP contribution in [-0.4, -0.2) is 31.9 Å². The molecule has 0 spiro atoms. The molecule has 4 heteroatoms. The van der Waals surface area contributed by atoms with Gasteiger partial charge in [-0.15, -0.1) is 0 Å². The Balaban J connectivity index is 1.85. The van der Waals surface area contributed by atoms with E-state index in [1.54, 1.807) is 0 Å². The molecule has 1 atom stereocenters. The van der Waals surface area contributed by atoms with Gasteiger partial charge in [-0.2, -0.15) is 0 Å². The van der Waals surface area contributed by atoms with Gasteiger partial charge in [0.25, 0.3) is 0 Å². The minimum atomic E-state index is 0.140. The van der Waals surface area contributed by atoms with Crippen molar-refractivity contribution >= 4 is 15.9 Å². The molecule has 0 saturated carbocycles. The molecule has 118 valence electrons. The molecule has 1 saturated heterocycles. The minimum Gasteiger partial charge on any atom is -0.494 e. The predicted molar refractivity (Wildman–Crippen MR) is 89.9 cm³/mol. The van der Waals surface area contributed by atoms with E-state index in [9.17, 15) is 0 Å². The van der Waals surface area contributed by atoms with E-state index in [1.807, 2.05) is 24.3 Å². The molecule has 1 unspecified atom stereocenters. The summed E-state index contributed by atoms with van der Waals surface area (Å²) in [6, 6.07) is 8.00. The number of ether oxygens (including phenoxy) is 2. The first-order valence-electron chi connectivity index (χ1n) is 7.60. The maximum Gasteiger partial charge on any atom is 0.120 e. The average molecular weight is 356 g/mol. The molecule has 21 heavy (non-hydrogen) atoms. The van der Waals surface area contributed by atoms with Crippen molar-refractivity contribution in [2.75, 3.05) is 26.4 Å². The van der Waals surface area contributed by atoms with Gasteiger partial charge in [0.15, 0.2) is 0 Å². The third kappa shape index (κ3) is 5.61. The minimum absolute atomic E-state index is 0.140. The van der Waals surface area contributed by atoms with E-state index >= 15 is 0 Å². The normalized spacial score (nSPS) is 22.5. The van der Waals surface area contributed by atoms with Gasteiger partial charge in [-0.25, -0.2) is 0 Å². The summed E-state index contributed by atoms with van der Waals surface area (Å²) in [5.41, 5.74) is 0.347. The van der Waals surface area contributed by atoms with Gasteiger partial charge in [0.1, 0.15) is 5.75 Å². The molecule has 1 fully saturated rings. The van der Waals surface area contributed by atoms with Crippen molar-refractivity contribution in [2.24, 2.45) is 5.41 Å². The van der Waals surface area contributed by atoms with Gasteiger partial charge in [-0.3, -0.25) is 0 Å². The second-order valence-corrected chi connectivity index (χ2v) is 7.88. The fourth-order valence-corrected chi connectivity index (χ4v) is 2.85. The number of halogens is 1. The number of rotatable bonds is 6. The van der Waals surface area contributed by atoms with Crippen LogP contribution in [0.2, 0.25) is 0 Å². The second-order valence-electron chi connectivity index (χ2n) is 6.96. The lowest BCUT2D eigenvalue weighted by atomic mass is 9.83. The van der Waals surface area contributed by atoms with Crippen molar-refractivity contribution in [2.45, 2.75) is 39.2 Å². The predicted octanol–water partition coefficient (Wildman–Crippen LogP) is 4.01. The van der Waals surface area contributed by atoms with E-state index < -0.39 is 0 Å². The Bertz CT molecular complexity index is 450. The molecule has 3 nitrogen and oxygen atoms in total. The second kappa shape index (κ2) is 7.12. The fourth-order valence-electron chi connectivity index (χ4n) is 2.47. The van der Waals surface area contributed by atoms with Gasteiger partial charge in [0, 0.05) is 28.6 Å². The highest BCUT2D eigenvalue weighted by Gasteiger charge is 2.35. The SMILES string of the molecule is CC(C)(C)NCC1(CCOc2cccc(Br)c2)CCOC1. The van der Waals surface area contributed by atoms with Crippen LogP contribution in [0.3, 0.4) is 0 Å². The summed E-state index contributed by atoms with van der Waals surface area (Å²) in [5, 5.41) is 3.62. The van der Waals surface area contributed by atoms with Crippen LogP contribution in [0.15, 0.2) is 28.7 Å². The van der Waals surface area contributed by atoms with Gasteiger partial charge in [-0.05, 0) is 51.8 Å². The Kier molecular flexibility index (Phi) is 5.69. The average Bonchev–Trinajstić information content (AvgIpc) is 2.85. The molecule has 1 aromatic carbocycles. The summed E-state index contributed by atoms with van der Waals surface area (Å²) >= 11 is 3.47. The van der Waals surface area contributed by atoms with Crippen LogP contribution in [0.25, 0.3) is 0 Å². The monoisotopic (exact) mass is 355 g/mol. The zero-order chi connectivity index (χ0) is 15.3. The zero-order valence-electron chi connectivity index (χ0n) is 13.2. The third-order valence-electron chi connectivity index (χ3n) is 3.88. The van der Waals surface area contributed by atoms with E-state index in [2.05, 4.69) is 42.0 Å². The molecule has 0 amide bonds. The number of benzene rings is 1. The van der Waals surface area contributed by atoms with Crippen LogP contribution < -0.4 is 10.1 Å². The number of hydrogen-bond donors (Lipinski definition) is 1. The molecular weight excluding hydrogens is 330 g/mol. The van der Waals surface area contributed by atoms with Gasteiger partial charge in [0.2, 0.25) is 0 Å². The molecule has 0 aliphatic carbocycles. The lowest BCUT2D eigenvalue weighted by Crippen LogP contribution is -2.45. The van der Waals surface area contributed by atoms with Crippen molar-refractivity contribution in [3.05, 3.63) is 28.7 Å². The first-order valence-corrected chi connectivity index (χ1v) is 8.39. The Hall–Kier alpha value is -0.580. The van der Waals surface area contributed by atoms with Gasteiger partial charge < -0.3 is 14.8 Å². The number of nitrogens with one attached hydrogen (secondary N) is 1. The van der Waals surface area contributed by atoms with Crippen molar-refractivity contribution in [1.29, 1.82) is 0 Å². The first kappa shape index (κ1) is 16.8. The van der Waals surface area contributed by atoms with Crippen molar-refractivity contribution in [1.82, 2.24) is 5.32 Å². The molecule has 0 bridgehead atoms. The topological polar surface area (TPSA) is 30.5 Å². The Morgan fingerprint density at radius 3 is 2.81 bits per heavy atom. The summed E-state index contributed by atoms with van der Waals surface area (Å²) < 4.78 is 12.6. The van der Waals surface area contributed by atoms with Crippen LogP contribution in [0.1, 0.15) is 33.6 Å². The van der Waals surface area contributed by atoms with Crippen molar-refractivity contribution in [3.63, 3.8) is 0 Å².